The average Bonchev–Trinajstić information content (AvgIpc) is 2.72. The fourth-order valence-corrected chi connectivity index (χ4v) is 5.07. The summed E-state index contributed by atoms with van der Waals surface area (Å²) in [6, 6.07) is 0. The second-order valence-corrected chi connectivity index (χ2v) is 9.22. The minimum Gasteiger partial charge on any atom is -0.396 e. The first kappa shape index (κ1) is 16.3. The molecule has 0 bridgehead atoms. The first-order valence-corrected chi connectivity index (χ1v) is 9.57. The van der Waals surface area contributed by atoms with E-state index in [1.807, 2.05) is 0 Å². The van der Waals surface area contributed by atoms with E-state index in [1.54, 1.807) is 6.92 Å². The molecule has 1 aliphatic carbocycles. The maximum atomic E-state index is 12.3. The summed E-state index contributed by atoms with van der Waals surface area (Å²) in [7, 11) is -3.46. The van der Waals surface area contributed by atoms with Gasteiger partial charge in [0.2, 0.25) is 0 Å². The molecule has 0 aliphatic heterocycles. The molecule has 7 heteroatoms. The highest BCUT2D eigenvalue weighted by molar-refractivity contribution is 7.91. The van der Waals surface area contributed by atoms with E-state index in [2.05, 4.69) is 12.2 Å². The van der Waals surface area contributed by atoms with Crippen LogP contribution in [-0.4, -0.2) is 26.5 Å². The van der Waals surface area contributed by atoms with Gasteiger partial charge >= 0.3 is 0 Å². The molecule has 0 aromatic carbocycles. The fourth-order valence-electron chi connectivity index (χ4n) is 2.51. The summed E-state index contributed by atoms with van der Waals surface area (Å²) < 4.78 is 24.5. The van der Waals surface area contributed by atoms with E-state index in [4.69, 9.17) is 5.73 Å². The minimum atomic E-state index is -3.46. The molecule has 1 aromatic rings. The molecule has 1 aliphatic rings. The van der Waals surface area contributed by atoms with E-state index in [1.165, 1.54) is 13.3 Å². The topological polar surface area (TPSA) is 89.3 Å². The number of thiophene rings is 1. The number of anilines is 2. The molecule has 3 N–H and O–H groups in total. The van der Waals surface area contributed by atoms with Crippen LogP contribution in [0.4, 0.5) is 10.7 Å². The predicted octanol–water partition coefficient (Wildman–Crippen LogP) is 2.93. The van der Waals surface area contributed by atoms with Gasteiger partial charge in [-0.05, 0) is 18.3 Å². The Morgan fingerprint density at radius 3 is 2.48 bits per heavy atom. The van der Waals surface area contributed by atoms with Gasteiger partial charge in [0.15, 0.2) is 15.6 Å². The highest BCUT2D eigenvalue weighted by atomic mass is 32.2. The van der Waals surface area contributed by atoms with E-state index in [9.17, 15) is 13.2 Å². The monoisotopic (exact) mass is 330 g/mol. The highest BCUT2D eigenvalue weighted by Gasteiger charge is 2.33. The molecule has 5 nitrogen and oxygen atoms in total. The predicted molar refractivity (Wildman–Crippen MR) is 86.9 cm³/mol. The lowest BCUT2D eigenvalue weighted by molar-refractivity contribution is 0.102. The Morgan fingerprint density at radius 2 is 2.05 bits per heavy atom. The van der Waals surface area contributed by atoms with E-state index in [0.29, 0.717) is 16.4 Å². The van der Waals surface area contributed by atoms with Crippen molar-refractivity contribution in [1.82, 2.24) is 0 Å². The van der Waals surface area contributed by atoms with Crippen LogP contribution in [0.15, 0.2) is 4.90 Å². The van der Waals surface area contributed by atoms with Crippen LogP contribution >= 0.6 is 11.3 Å². The number of nitrogen functional groups attached to an aromatic ring is 1. The van der Waals surface area contributed by atoms with Crippen molar-refractivity contribution >= 4 is 37.6 Å². The van der Waals surface area contributed by atoms with Crippen molar-refractivity contribution < 1.29 is 13.2 Å². The average molecular weight is 330 g/mol. The van der Waals surface area contributed by atoms with Crippen LogP contribution in [0.1, 0.15) is 49.7 Å². The number of hydrogen-bond acceptors (Lipinski definition) is 6. The molecule has 1 heterocycles. The third-order valence-electron chi connectivity index (χ3n) is 4.15. The molecule has 21 heavy (non-hydrogen) atoms. The van der Waals surface area contributed by atoms with Crippen LogP contribution in [0.3, 0.4) is 0 Å². The summed E-state index contributed by atoms with van der Waals surface area (Å²) in [6.45, 7) is 5.87. The van der Waals surface area contributed by atoms with Crippen molar-refractivity contribution in [2.75, 3.05) is 23.3 Å². The summed E-state index contributed by atoms with van der Waals surface area (Å²) in [6.07, 6.45) is 3.48. The maximum Gasteiger partial charge on any atom is 0.183 e. The second kappa shape index (κ2) is 5.61. The van der Waals surface area contributed by atoms with Crippen LogP contribution in [0.2, 0.25) is 0 Å². The van der Waals surface area contributed by atoms with Crippen molar-refractivity contribution in [2.45, 2.75) is 44.9 Å². The number of sulfone groups is 1. The Kier molecular flexibility index (Phi) is 4.35. The lowest BCUT2D eigenvalue weighted by Gasteiger charge is -2.38. The molecular formula is C14H22N2O3S2. The zero-order valence-electron chi connectivity index (χ0n) is 12.7. The number of Topliss-reactive ketones (excluding diaryl/α,β-unsaturated/α-hetero) is 1. The van der Waals surface area contributed by atoms with Gasteiger partial charge in [-0.15, -0.1) is 11.3 Å². The molecule has 118 valence electrons. The summed E-state index contributed by atoms with van der Waals surface area (Å²) in [5.41, 5.74) is 6.23. The Labute approximate surface area is 129 Å². The zero-order chi connectivity index (χ0) is 15.8. The number of carbonyl (C=O) groups is 1. The Balaban J connectivity index is 2.39. The third kappa shape index (κ3) is 3.08. The molecule has 0 amide bonds. The van der Waals surface area contributed by atoms with Crippen LogP contribution in [0.5, 0.6) is 0 Å². The quantitative estimate of drug-likeness (QED) is 0.783. The Hall–Kier alpha value is -1.08. The van der Waals surface area contributed by atoms with Crippen molar-refractivity contribution in [3.8, 4) is 0 Å². The molecule has 2 rings (SSSR count). The first-order valence-electron chi connectivity index (χ1n) is 7.10. The minimum absolute atomic E-state index is 0.0305. The third-order valence-corrected chi connectivity index (χ3v) is 7.35. The lowest BCUT2D eigenvalue weighted by Crippen LogP contribution is -2.33. The second-order valence-electron chi connectivity index (χ2n) is 5.98. The van der Waals surface area contributed by atoms with E-state index >= 15 is 0 Å². The Bertz CT molecular complexity index is 658. The smallest absolute Gasteiger partial charge is 0.183 e. The largest absolute Gasteiger partial charge is 0.396 e. The van der Waals surface area contributed by atoms with Gasteiger partial charge in [0.1, 0.15) is 9.90 Å². The van der Waals surface area contributed by atoms with Gasteiger partial charge in [-0.1, -0.05) is 20.3 Å². The van der Waals surface area contributed by atoms with Crippen LogP contribution < -0.4 is 11.1 Å². The summed E-state index contributed by atoms with van der Waals surface area (Å²) in [4.78, 5) is 12.0. The Morgan fingerprint density at radius 1 is 1.43 bits per heavy atom. The molecule has 0 unspecified atom stereocenters. The number of nitrogens with one attached hydrogen (secondary N) is 1. The van der Waals surface area contributed by atoms with Gasteiger partial charge in [0.05, 0.1) is 16.3 Å². The van der Waals surface area contributed by atoms with Crippen LogP contribution in [-0.2, 0) is 9.84 Å². The number of ketones is 1. The molecule has 1 aromatic heterocycles. The summed E-state index contributed by atoms with van der Waals surface area (Å²) in [5, 5.41) is 3.73. The van der Waals surface area contributed by atoms with Gasteiger partial charge in [-0.3, -0.25) is 4.79 Å². The number of nitrogens with two attached hydrogens (primary N) is 1. The van der Waals surface area contributed by atoms with E-state index in [0.717, 1.165) is 24.2 Å². The van der Waals surface area contributed by atoms with E-state index < -0.39 is 9.84 Å². The molecule has 1 fully saturated rings. The molecule has 0 radical (unpaired) electrons. The molecular weight excluding hydrogens is 308 g/mol. The van der Waals surface area contributed by atoms with Crippen molar-refractivity contribution in [3.05, 3.63) is 4.88 Å². The van der Waals surface area contributed by atoms with Gasteiger partial charge in [0, 0.05) is 13.5 Å². The van der Waals surface area contributed by atoms with Crippen molar-refractivity contribution in [3.63, 3.8) is 0 Å². The highest BCUT2D eigenvalue weighted by Crippen LogP contribution is 2.43. The van der Waals surface area contributed by atoms with Crippen LogP contribution in [0.25, 0.3) is 0 Å². The molecule has 0 atom stereocenters. The standard InChI is InChI=1S/C14H22N2O3S2/c1-4-21(18,19)12-10(15)11(9(2)17)20-13(12)16-8-14(3)6-5-7-14/h16H,4-8,15H2,1-3H3. The normalized spacial score (nSPS) is 17.3. The lowest BCUT2D eigenvalue weighted by atomic mass is 9.70. The number of hydrogen-bond donors (Lipinski definition) is 2. The molecule has 0 spiro atoms. The number of carbonyl (C=O) groups excluding carboxylic acids is 1. The van der Waals surface area contributed by atoms with Crippen molar-refractivity contribution in [1.29, 1.82) is 0 Å². The van der Waals surface area contributed by atoms with Gasteiger partial charge < -0.3 is 11.1 Å². The summed E-state index contributed by atoms with van der Waals surface area (Å²) >= 11 is 1.15. The van der Waals surface area contributed by atoms with Crippen LogP contribution in [0, 0.1) is 5.41 Å². The SMILES string of the molecule is CCS(=O)(=O)c1c(NCC2(C)CCC2)sc(C(C)=O)c1N. The maximum absolute atomic E-state index is 12.3. The van der Waals surface area contributed by atoms with Crippen molar-refractivity contribution in [2.24, 2.45) is 5.41 Å². The molecule has 1 saturated carbocycles. The fraction of sp³-hybridized carbons (Fsp3) is 0.643. The van der Waals surface area contributed by atoms with Gasteiger partial charge in [-0.25, -0.2) is 8.42 Å². The summed E-state index contributed by atoms with van der Waals surface area (Å²) in [5.74, 6) is -0.231. The first-order chi connectivity index (χ1) is 9.70. The molecule has 0 saturated heterocycles. The number of rotatable bonds is 6. The van der Waals surface area contributed by atoms with E-state index in [-0.39, 0.29) is 27.5 Å². The van der Waals surface area contributed by atoms with Gasteiger partial charge in [0.25, 0.3) is 0 Å². The van der Waals surface area contributed by atoms with Gasteiger partial charge in [-0.2, -0.15) is 0 Å². The zero-order valence-corrected chi connectivity index (χ0v) is 14.3.